The van der Waals surface area contributed by atoms with E-state index in [0.29, 0.717) is 10.3 Å². The van der Waals surface area contributed by atoms with Crippen molar-refractivity contribution in [3.05, 3.63) is 40.9 Å². The van der Waals surface area contributed by atoms with Gasteiger partial charge in [0.1, 0.15) is 0 Å². The lowest BCUT2D eigenvalue weighted by Crippen LogP contribution is -1.88. The van der Waals surface area contributed by atoms with E-state index in [-0.39, 0.29) is 0 Å². The molecule has 0 atom stereocenters. The molecule has 2 aromatic heterocycles. The van der Waals surface area contributed by atoms with Gasteiger partial charge in [-0.1, -0.05) is 29.3 Å². The van der Waals surface area contributed by atoms with Crippen molar-refractivity contribution in [1.29, 1.82) is 0 Å². The summed E-state index contributed by atoms with van der Waals surface area (Å²) in [4.78, 5) is 3.98. The average molecular weight is 226 g/mol. The Morgan fingerprint density at radius 2 is 2.00 bits per heavy atom. The van der Waals surface area contributed by atoms with Crippen LogP contribution in [0.25, 0.3) is 11.1 Å². The van der Waals surface area contributed by atoms with Crippen LogP contribution in [-0.2, 0) is 0 Å². The molecule has 0 N–H and O–H groups in total. The van der Waals surface area contributed by atoms with Crippen molar-refractivity contribution in [2.75, 3.05) is 0 Å². The Kier molecular flexibility index (Phi) is 2.61. The first-order chi connectivity index (χ1) is 6.77. The van der Waals surface area contributed by atoms with Gasteiger partial charge in [-0.05, 0) is 12.1 Å². The van der Waals surface area contributed by atoms with Gasteiger partial charge in [-0.25, -0.2) is 0 Å². The fraction of sp³-hybridized carbons (Fsp3) is 0. The quantitative estimate of drug-likeness (QED) is 0.750. The summed E-state index contributed by atoms with van der Waals surface area (Å²) >= 11 is 11.6. The zero-order chi connectivity index (χ0) is 9.97. The first-order valence-electron chi connectivity index (χ1n) is 3.86. The molecule has 0 aliphatic carbocycles. The average Bonchev–Trinajstić information content (AvgIpc) is 2.23. The molecule has 0 aromatic carbocycles. The summed E-state index contributed by atoms with van der Waals surface area (Å²) < 4.78 is 0. The highest BCUT2D eigenvalue weighted by Crippen LogP contribution is 2.26. The first-order valence-corrected chi connectivity index (χ1v) is 4.62. The lowest BCUT2D eigenvalue weighted by atomic mass is 10.1. The highest BCUT2D eigenvalue weighted by Gasteiger charge is 2.06. The van der Waals surface area contributed by atoms with Crippen molar-refractivity contribution in [2.45, 2.75) is 0 Å². The van der Waals surface area contributed by atoms with E-state index < -0.39 is 0 Å². The van der Waals surface area contributed by atoms with E-state index in [9.17, 15) is 0 Å². The highest BCUT2D eigenvalue weighted by molar-refractivity contribution is 6.33. The molecule has 0 amide bonds. The molecule has 0 bridgehead atoms. The van der Waals surface area contributed by atoms with Crippen molar-refractivity contribution in [1.82, 2.24) is 15.2 Å². The van der Waals surface area contributed by atoms with E-state index in [0.717, 1.165) is 11.1 Å². The van der Waals surface area contributed by atoms with Gasteiger partial charge in [0.05, 0.1) is 0 Å². The van der Waals surface area contributed by atoms with Crippen LogP contribution in [0.2, 0.25) is 10.3 Å². The Balaban J connectivity index is 2.57. The van der Waals surface area contributed by atoms with Gasteiger partial charge in [-0.2, -0.15) is 0 Å². The molecule has 5 heteroatoms. The van der Waals surface area contributed by atoms with E-state index in [1.54, 1.807) is 18.5 Å². The van der Waals surface area contributed by atoms with Gasteiger partial charge in [0.15, 0.2) is 10.3 Å². The number of halogens is 2. The van der Waals surface area contributed by atoms with Crippen molar-refractivity contribution in [3.63, 3.8) is 0 Å². The fourth-order valence-electron chi connectivity index (χ4n) is 1.08. The number of hydrogen-bond donors (Lipinski definition) is 0. The normalized spacial score (nSPS) is 10.1. The van der Waals surface area contributed by atoms with Crippen LogP contribution in [-0.4, -0.2) is 15.2 Å². The van der Waals surface area contributed by atoms with Gasteiger partial charge in [0.2, 0.25) is 0 Å². The third kappa shape index (κ3) is 1.84. The number of aromatic nitrogens is 3. The summed E-state index contributed by atoms with van der Waals surface area (Å²) in [5, 5.41) is 7.97. The molecule has 2 rings (SSSR count). The molecule has 0 fully saturated rings. The van der Waals surface area contributed by atoms with E-state index in [1.165, 1.54) is 0 Å². The standard InChI is InChI=1S/C9H5Cl2N3/c10-8-4-7(9(11)14-13-8)6-2-1-3-12-5-6/h1-5H. The second-order valence-electron chi connectivity index (χ2n) is 2.61. The van der Waals surface area contributed by atoms with E-state index in [2.05, 4.69) is 15.2 Å². The molecule has 0 spiro atoms. The largest absolute Gasteiger partial charge is 0.264 e. The second kappa shape index (κ2) is 3.90. The third-order valence-electron chi connectivity index (χ3n) is 1.69. The predicted molar refractivity (Wildman–Crippen MR) is 55.3 cm³/mol. The summed E-state index contributed by atoms with van der Waals surface area (Å²) in [6.07, 6.45) is 3.38. The maximum atomic E-state index is 5.87. The van der Waals surface area contributed by atoms with Crippen LogP contribution in [0.5, 0.6) is 0 Å². The Morgan fingerprint density at radius 1 is 1.14 bits per heavy atom. The van der Waals surface area contributed by atoms with Crippen LogP contribution in [0.3, 0.4) is 0 Å². The van der Waals surface area contributed by atoms with Gasteiger partial charge in [0.25, 0.3) is 0 Å². The Morgan fingerprint density at radius 3 is 2.71 bits per heavy atom. The molecule has 0 aliphatic rings. The van der Waals surface area contributed by atoms with Crippen LogP contribution >= 0.6 is 23.2 Å². The molecule has 2 aromatic rings. The van der Waals surface area contributed by atoms with Crippen LogP contribution < -0.4 is 0 Å². The van der Waals surface area contributed by atoms with Gasteiger partial charge < -0.3 is 0 Å². The lowest BCUT2D eigenvalue weighted by Gasteiger charge is -2.01. The fourth-order valence-corrected chi connectivity index (χ4v) is 1.43. The minimum atomic E-state index is 0.313. The number of rotatable bonds is 1. The molecule has 70 valence electrons. The zero-order valence-electron chi connectivity index (χ0n) is 6.98. The summed E-state index contributed by atoms with van der Waals surface area (Å²) in [5.41, 5.74) is 1.61. The van der Waals surface area contributed by atoms with Crippen LogP contribution in [0.1, 0.15) is 0 Å². The summed E-state index contributed by atoms with van der Waals surface area (Å²) in [6, 6.07) is 5.36. The van der Waals surface area contributed by atoms with Crippen LogP contribution in [0, 0.1) is 0 Å². The highest BCUT2D eigenvalue weighted by atomic mass is 35.5. The molecule has 0 saturated heterocycles. The second-order valence-corrected chi connectivity index (χ2v) is 3.36. The van der Waals surface area contributed by atoms with Crippen molar-refractivity contribution in [3.8, 4) is 11.1 Å². The summed E-state index contributed by atoms with van der Waals surface area (Å²) in [6.45, 7) is 0. The van der Waals surface area contributed by atoms with Crippen LogP contribution in [0.4, 0.5) is 0 Å². The summed E-state index contributed by atoms with van der Waals surface area (Å²) in [7, 11) is 0. The minimum Gasteiger partial charge on any atom is -0.264 e. The topological polar surface area (TPSA) is 38.7 Å². The van der Waals surface area contributed by atoms with Gasteiger partial charge >= 0.3 is 0 Å². The molecule has 0 aliphatic heterocycles. The molecule has 0 unspecified atom stereocenters. The minimum absolute atomic E-state index is 0.313. The number of hydrogen-bond acceptors (Lipinski definition) is 3. The Labute approximate surface area is 90.7 Å². The smallest absolute Gasteiger partial charge is 0.159 e. The molecular weight excluding hydrogens is 221 g/mol. The van der Waals surface area contributed by atoms with Crippen molar-refractivity contribution < 1.29 is 0 Å². The number of nitrogens with zero attached hydrogens (tertiary/aromatic N) is 3. The van der Waals surface area contributed by atoms with Crippen molar-refractivity contribution >= 4 is 23.2 Å². The monoisotopic (exact) mass is 225 g/mol. The maximum absolute atomic E-state index is 5.87. The Hall–Kier alpha value is -1.19. The molecule has 14 heavy (non-hydrogen) atoms. The summed E-state index contributed by atoms with van der Waals surface area (Å²) in [5.74, 6) is 0. The molecule has 2 heterocycles. The number of pyridine rings is 1. The lowest BCUT2D eigenvalue weighted by molar-refractivity contribution is 1.03. The van der Waals surface area contributed by atoms with E-state index in [4.69, 9.17) is 23.2 Å². The van der Waals surface area contributed by atoms with Crippen molar-refractivity contribution in [2.24, 2.45) is 0 Å². The zero-order valence-corrected chi connectivity index (χ0v) is 8.50. The molecule has 3 nitrogen and oxygen atoms in total. The third-order valence-corrected chi connectivity index (χ3v) is 2.16. The van der Waals surface area contributed by atoms with Gasteiger partial charge in [-0.3, -0.25) is 4.98 Å². The molecule has 0 radical (unpaired) electrons. The first kappa shape index (κ1) is 9.37. The maximum Gasteiger partial charge on any atom is 0.159 e. The predicted octanol–water partition coefficient (Wildman–Crippen LogP) is 2.85. The molecule has 0 saturated carbocycles. The molecular formula is C9H5Cl2N3. The van der Waals surface area contributed by atoms with Gasteiger partial charge in [-0.15, -0.1) is 10.2 Å². The van der Waals surface area contributed by atoms with Gasteiger partial charge in [0, 0.05) is 23.5 Å². The SMILES string of the molecule is Clc1cc(-c2cccnc2)c(Cl)nn1. The van der Waals surface area contributed by atoms with Crippen LogP contribution in [0.15, 0.2) is 30.6 Å². The Bertz CT molecular complexity index is 445. The van der Waals surface area contributed by atoms with E-state index >= 15 is 0 Å². The van der Waals surface area contributed by atoms with E-state index in [1.807, 2.05) is 12.1 Å².